The van der Waals surface area contributed by atoms with Gasteiger partial charge in [-0.1, -0.05) is 261 Å². The predicted molar refractivity (Wildman–Crippen MR) is 324 cm³/mol. The molecule has 0 aliphatic carbocycles. The normalized spacial score (nSPS) is 19.3. The van der Waals surface area contributed by atoms with Crippen LogP contribution in [0, 0.1) is 0 Å². The molecule has 0 aromatic rings. The predicted octanol–water partition coefficient (Wildman–Crippen LogP) is 15.8. The summed E-state index contributed by atoms with van der Waals surface area (Å²) >= 11 is 0. The van der Waals surface area contributed by atoms with Crippen molar-refractivity contribution >= 4 is 11.9 Å². The van der Waals surface area contributed by atoms with E-state index in [0.717, 1.165) is 96.3 Å². The molecular formula is C67H121NO10. The van der Waals surface area contributed by atoms with E-state index in [2.05, 4.69) is 74.7 Å². The van der Waals surface area contributed by atoms with Crippen LogP contribution in [0.4, 0.5) is 0 Å². The number of hydrogen-bond donors (Lipinski definition) is 6. The zero-order valence-corrected chi connectivity index (χ0v) is 50.3. The molecule has 1 aliphatic heterocycles. The van der Waals surface area contributed by atoms with Crippen LogP contribution < -0.4 is 5.32 Å². The zero-order valence-electron chi connectivity index (χ0n) is 50.3. The molecule has 454 valence electrons. The highest BCUT2D eigenvalue weighted by atomic mass is 16.7. The number of unbranched alkanes of at least 4 members (excludes halogenated alkanes) is 33. The molecule has 1 rings (SSSR count). The number of allylic oxidation sites excluding steroid dienone is 9. The van der Waals surface area contributed by atoms with Crippen molar-refractivity contribution in [1.82, 2.24) is 5.32 Å². The van der Waals surface area contributed by atoms with E-state index in [1.165, 1.54) is 148 Å². The molecule has 11 heteroatoms. The Morgan fingerprint density at radius 1 is 0.513 bits per heavy atom. The van der Waals surface area contributed by atoms with Gasteiger partial charge in [-0.3, -0.25) is 9.59 Å². The van der Waals surface area contributed by atoms with Gasteiger partial charge in [-0.15, -0.1) is 0 Å². The first-order valence-electron chi connectivity index (χ1n) is 32.6. The van der Waals surface area contributed by atoms with Crippen molar-refractivity contribution in [2.24, 2.45) is 0 Å². The number of aliphatic hydroxyl groups is 5. The third kappa shape index (κ3) is 42.2. The minimum Gasteiger partial charge on any atom is -0.454 e. The zero-order chi connectivity index (χ0) is 56.8. The standard InChI is InChI=1S/C67H121NO10/c1-4-7-10-13-16-19-22-24-25-26-27-28-29-30-31-32-33-34-35-37-40-43-46-49-52-55-62(72)78-65-64(74)63(73)61(56-69)77-67(65)76-57-58(59(70)53-50-47-44-41-38-21-18-15-12-9-6-3)68-66(75)60(71)54-51-48-45-42-39-36-23-20-17-14-11-8-5-2/h8,11,16-17,19-20,24-25,50,53,58-61,63-65,67,69-71,73-74H,4-7,9-10,12-15,18,21-23,26-49,51-52,54-57H2,1-3H3,(H,68,75)/b11-8+,19-16-,20-17+,25-24-,53-50+. The van der Waals surface area contributed by atoms with Crippen LogP contribution in [0.5, 0.6) is 0 Å². The van der Waals surface area contributed by atoms with Gasteiger partial charge in [-0.05, 0) is 83.5 Å². The summed E-state index contributed by atoms with van der Waals surface area (Å²) in [5.41, 5.74) is 0. The molecule has 78 heavy (non-hydrogen) atoms. The number of carbonyl (C=O) groups excluding carboxylic acids is 2. The van der Waals surface area contributed by atoms with E-state index in [-0.39, 0.29) is 19.4 Å². The molecule has 0 radical (unpaired) electrons. The minimum atomic E-state index is -1.61. The summed E-state index contributed by atoms with van der Waals surface area (Å²) in [4.78, 5) is 26.5. The number of hydrogen-bond acceptors (Lipinski definition) is 10. The van der Waals surface area contributed by atoms with Gasteiger partial charge < -0.3 is 45.1 Å². The Kier molecular flexibility index (Phi) is 51.7. The third-order valence-corrected chi connectivity index (χ3v) is 15.2. The Balaban J connectivity index is 2.56. The molecule has 1 saturated heterocycles. The summed E-state index contributed by atoms with van der Waals surface area (Å²) < 4.78 is 17.6. The average molecular weight is 1100 g/mol. The Morgan fingerprint density at radius 3 is 1.40 bits per heavy atom. The molecule has 0 bridgehead atoms. The topological polar surface area (TPSA) is 175 Å². The van der Waals surface area contributed by atoms with Crippen LogP contribution in [0.25, 0.3) is 0 Å². The van der Waals surface area contributed by atoms with Crippen LogP contribution in [0.2, 0.25) is 0 Å². The first-order valence-corrected chi connectivity index (χ1v) is 32.6. The molecule has 8 unspecified atom stereocenters. The lowest BCUT2D eigenvalue weighted by Crippen LogP contribution is -2.61. The van der Waals surface area contributed by atoms with Crippen LogP contribution >= 0.6 is 0 Å². The summed E-state index contributed by atoms with van der Waals surface area (Å²) in [6.45, 7) is 5.66. The van der Waals surface area contributed by atoms with E-state index >= 15 is 0 Å². The van der Waals surface area contributed by atoms with Crippen LogP contribution in [0.3, 0.4) is 0 Å². The van der Waals surface area contributed by atoms with E-state index < -0.39 is 67.4 Å². The molecule has 0 aromatic carbocycles. The first-order chi connectivity index (χ1) is 38.2. The number of rotatable bonds is 55. The van der Waals surface area contributed by atoms with E-state index in [9.17, 15) is 35.1 Å². The number of ether oxygens (including phenoxy) is 3. The Morgan fingerprint density at radius 2 is 0.923 bits per heavy atom. The van der Waals surface area contributed by atoms with Crippen LogP contribution in [0.15, 0.2) is 60.8 Å². The van der Waals surface area contributed by atoms with E-state index in [4.69, 9.17) is 14.2 Å². The van der Waals surface area contributed by atoms with Crippen molar-refractivity contribution in [2.45, 2.75) is 339 Å². The lowest BCUT2D eigenvalue weighted by atomic mass is 9.99. The quantitative estimate of drug-likeness (QED) is 0.0195. The molecule has 11 nitrogen and oxygen atoms in total. The Labute approximate surface area is 478 Å². The van der Waals surface area contributed by atoms with Gasteiger partial charge in [0.25, 0.3) is 0 Å². The van der Waals surface area contributed by atoms with Crippen molar-refractivity contribution < 1.29 is 49.3 Å². The van der Waals surface area contributed by atoms with Gasteiger partial charge >= 0.3 is 5.97 Å². The molecule has 1 heterocycles. The Bertz CT molecular complexity index is 1500. The molecule has 0 spiro atoms. The molecule has 1 fully saturated rings. The van der Waals surface area contributed by atoms with Crippen LogP contribution in [-0.4, -0.2) is 99.6 Å². The van der Waals surface area contributed by atoms with Gasteiger partial charge in [-0.25, -0.2) is 0 Å². The van der Waals surface area contributed by atoms with Crippen molar-refractivity contribution in [1.29, 1.82) is 0 Å². The monoisotopic (exact) mass is 1100 g/mol. The highest BCUT2D eigenvalue weighted by Gasteiger charge is 2.47. The van der Waals surface area contributed by atoms with Gasteiger partial charge in [0.1, 0.15) is 24.4 Å². The highest BCUT2D eigenvalue weighted by Crippen LogP contribution is 2.26. The van der Waals surface area contributed by atoms with Gasteiger partial charge in [0.15, 0.2) is 12.4 Å². The minimum absolute atomic E-state index is 0.123. The van der Waals surface area contributed by atoms with Gasteiger partial charge in [-0.2, -0.15) is 0 Å². The first kappa shape index (κ1) is 73.4. The summed E-state index contributed by atoms with van der Waals surface area (Å²) in [5.74, 6) is -1.20. The summed E-state index contributed by atoms with van der Waals surface area (Å²) in [7, 11) is 0. The number of aliphatic hydroxyl groups excluding tert-OH is 5. The SMILES string of the molecule is CC/C=C/C/C=C/CCCCCCCCC(O)C(=O)NC(COC1OC(CO)C(O)C(O)C1OC(=O)CCCCCCCCCCCCCCCCC/C=C\C/C=C\CCCCC)C(O)/C=C/CCCCCCCCCCC. The van der Waals surface area contributed by atoms with Crippen molar-refractivity contribution in [3.63, 3.8) is 0 Å². The molecule has 6 N–H and O–H groups in total. The maximum atomic E-state index is 13.4. The molecule has 1 amide bonds. The smallest absolute Gasteiger partial charge is 0.306 e. The van der Waals surface area contributed by atoms with E-state index in [1.807, 2.05) is 6.08 Å². The summed E-state index contributed by atoms with van der Waals surface area (Å²) in [6, 6.07) is -1.03. The van der Waals surface area contributed by atoms with E-state index in [1.54, 1.807) is 6.08 Å². The third-order valence-electron chi connectivity index (χ3n) is 15.2. The molecule has 0 saturated carbocycles. The summed E-state index contributed by atoms with van der Waals surface area (Å²) in [6.07, 6.45) is 58.4. The van der Waals surface area contributed by atoms with Crippen molar-refractivity contribution in [3.05, 3.63) is 60.8 Å². The second-order valence-corrected chi connectivity index (χ2v) is 22.5. The second kappa shape index (κ2) is 54.9. The Hall–Kier alpha value is -2.64. The van der Waals surface area contributed by atoms with Gasteiger partial charge in [0, 0.05) is 6.42 Å². The van der Waals surface area contributed by atoms with Crippen molar-refractivity contribution in [3.8, 4) is 0 Å². The second-order valence-electron chi connectivity index (χ2n) is 22.5. The molecular weight excluding hydrogens is 979 g/mol. The number of carbonyl (C=O) groups is 2. The summed E-state index contributed by atoms with van der Waals surface area (Å²) in [5, 5.41) is 57.0. The molecule has 1 aliphatic rings. The lowest BCUT2D eigenvalue weighted by molar-refractivity contribution is -0.305. The highest BCUT2D eigenvalue weighted by molar-refractivity contribution is 5.80. The number of amides is 1. The largest absolute Gasteiger partial charge is 0.454 e. The van der Waals surface area contributed by atoms with Crippen molar-refractivity contribution in [2.75, 3.05) is 13.2 Å². The number of nitrogens with one attached hydrogen (secondary N) is 1. The van der Waals surface area contributed by atoms with Crippen LogP contribution in [-0.2, 0) is 23.8 Å². The van der Waals surface area contributed by atoms with Gasteiger partial charge in [0.05, 0.1) is 25.4 Å². The fourth-order valence-electron chi connectivity index (χ4n) is 10.0. The van der Waals surface area contributed by atoms with Crippen LogP contribution in [0.1, 0.15) is 290 Å². The van der Waals surface area contributed by atoms with E-state index in [0.29, 0.717) is 12.8 Å². The maximum Gasteiger partial charge on any atom is 0.306 e. The lowest BCUT2D eigenvalue weighted by Gasteiger charge is -2.41. The average Bonchev–Trinajstić information content (AvgIpc) is 3.44. The maximum absolute atomic E-state index is 13.4. The number of esters is 1. The van der Waals surface area contributed by atoms with Gasteiger partial charge in [0.2, 0.25) is 5.91 Å². The fourth-order valence-corrected chi connectivity index (χ4v) is 10.0. The molecule has 0 aromatic heterocycles. The molecule has 8 atom stereocenters. The fraction of sp³-hybridized carbons (Fsp3) is 0.821.